The second-order valence-corrected chi connectivity index (χ2v) is 1.88. The first-order valence-electron chi connectivity index (χ1n) is 1.62. The molecule has 0 amide bonds. The van der Waals surface area contributed by atoms with Crippen LogP contribution >= 0.6 is 11.3 Å². The summed E-state index contributed by atoms with van der Waals surface area (Å²) in [5, 5.41) is 10.7. The Kier molecular flexibility index (Phi) is 3.19. The molecule has 0 aliphatic carbocycles. The Morgan fingerprint density at radius 1 is 1.71 bits per heavy atom. The van der Waals surface area contributed by atoms with Gasteiger partial charge in [-0.25, -0.2) is 0 Å². The first-order chi connectivity index (χ1) is 2.89. The topological polar surface area (TPSA) is 20.2 Å². The predicted molar refractivity (Wildman–Crippen MR) is 27.1 cm³/mol. The van der Waals surface area contributed by atoms with Crippen LogP contribution in [0.1, 0.15) is 1.43 Å². The van der Waals surface area contributed by atoms with E-state index in [0.29, 0.717) is 5.06 Å². The zero-order valence-electron chi connectivity index (χ0n) is 5.09. The van der Waals surface area contributed by atoms with Gasteiger partial charge in [0.1, 0.15) is 0 Å². The minimum Gasteiger partial charge on any atom is -1.00 e. The molecule has 1 aromatic heterocycles. The Labute approximate surface area is 59.6 Å². The molecule has 1 nitrogen and oxygen atoms in total. The van der Waals surface area contributed by atoms with Crippen molar-refractivity contribution in [3.05, 3.63) is 17.5 Å². The number of rotatable bonds is 0. The first kappa shape index (κ1) is 7.10. The smallest absolute Gasteiger partial charge is 1.00 e. The van der Waals surface area contributed by atoms with E-state index in [0.717, 1.165) is 0 Å². The molecule has 0 aliphatic heterocycles. The van der Waals surface area contributed by atoms with Gasteiger partial charge in [0.15, 0.2) is 5.06 Å². The molecule has 1 aromatic rings. The van der Waals surface area contributed by atoms with Crippen LogP contribution in [0, 0.1) is 0 Å². The van der Waals surface area contributed by atoms with Crippen molar-refractivity contribution in [2.45, 2.75) is 0 Å². The van der Waals surface area contributed by atoms with Crippen LogP contribution in [-0.2, 0) is 0 Å². The maximum absolute atomic E-state index is 8.49. The fourth-order valence-electron chi connectivity index (χ4n) is 0.270. The zero-order chi connectivity index (χ0) is 4.41. The maximum atomic E-state index is 8.49. The van der Waals surface area contributed by atoms with Crippen LogP contribution in [0.25, 0.3) is 0 Å². The molecule has 3 heteroatoms. The van der Waals surface area contributed by atoms with Crippen LogP contribution in [0.2, 0.25) is 0 Å². The van der Waals surface area contributed by atoms with Crippen LogP contribution in [0.3, 0.4) is 0 Å². The molecule has 0 saturated heterocycles. The minimum atomic E-state index is 0. The molecule has 0 fully saturated rings. The Morgan fingerprint density at radius 3 is 2.57 bits per heavy atom. The molecule has 34 valence electrons. The fourth-order valence-corrected chi connectivity index (χ4v) is 0.724. The number of thiophene rings is 1. The summed E-state index contributed by atoms with van der Waals surface area (Å²) in [6.45, 7) is 0. The molecule has 0 radical (unpaired) electrons. The Bertz CT molecular complexity index is 120. The summed E-state index contributed by atoms with van der Waals surface area (Å²) in [6, 6.07) is 3.46. The van der Waals surface area contributed by atoms with Crippen molar-refractivity contribution in [3.8, 4) is 5.06 Å². The third-order valence-electron chi connectivity index (χ3n) is 0.506. The van der Waals surface area contributed by atoms with E-state index in [1.807, 2.05) is 5.38 Å². The first-order valence-corrected chi connectivity index (χ1v) is 2.50. The Hall–Kier alpha value is 0.0974. The van der Waals surface area contributed by atoms with Crippen molar-refractivity contribution in [3.63, 3.8) is 0 Å². The van der Waals surface area contributed by atoms with Crippen LogP contribution in [-0.4, -0.2) is 5.11 Å². The van der Waals surface area contributed by atoms with Crippen LogP contribution < -0.4 is 18.9 Å². The summed E-state index contributed by atoms with van der Waals surface area (Å²) in [5.41, 5.74) is 0. The second kappa shape index (κ2) is 3.15. The number of hydrogen-bond acceptors (Lipinski definition) is 2. The van der Waals surface area contributed by atoms with Gasteiger partial charge in [0.25, 0.3) is 0 Å². The summed E-state index contributed by atoms with van der Waals surface area (Å²) in [5.74, 6) is 0. The van der Waals surface area contributed by atoms with Gasteiger partial charge in [0, 0.05) is 0 Å². The van der Waals surface area contributed by atoms with Crippen molar-refractivity contribution in [1.82, 2.24) is 0 Å². The molecule has 1 N–H and O–H groups in total. The number of hydrogen-bond donors (Lipinski definition) is 1. The summed E-state index contributed by atoms with van der Waals surface area (Å²) in [6.07, 6.45) is 0. The van der Waals surface area contributed by atoms with Gasteiger partial charge in [0.2, 0.25) is 0 Å². The van der Waals surface area contributed by atoms with E-state index in [4.69, 9.17) is 5.11 Å². The van der Waals surface area contributed by atoms with Crippen molar-refractivity contribution in [2.75, 3.05) is 0 Å². The van der Waals surface area contributed by atoms with Crippen molar-refractivity contribution in [2.24, 2.45) is 0 Å². The SMILES string of the molecule is Oc1cccs1.[H-].[Li+]. The van der Waals surface area contributed by atoms with Crippen molar-refractivity contribution < 1.29 is 25.4 Å². The van der Waals surface area contributed by atoms with E-state index < -0.39 is 0 Å². The maximum Gasteiger partial charge on any atom is 1.00 e. The van der Waals surface area contributed by atoms with E-state index in [-0.39, 0.29) is 20.3 Å². The van der Waals surface area contributed by atoms with Gasteiger partial charge < -0.3 is 6.53 Å². The molecule has 0 unspecified atom stereocenters. The normalized spacial score (nSPS) is 7.43. The standard InChI is InChI=1S/C4H4OS.Li.H/c5-4-2-1-3-6-4;;/h1-3,5H;;/q;+1;-1. The molecule has 7 heavy (non-hydrogen) atoms. The second-order valence-electron chi connectivity index (χ2n) is 0.951. The van der Waals surface area contributed by atoms with Gasteiger partial charge in [-0.2, -0.15) is 0 Å². The van der Waals surface area contributed by atoms with Gasteiger partial charge in [-0.15, -0.1) is 11.3 Å². The average molecular weight is 108 g/mol. The third-order valence-corrected chi connectivity index (χ3v) is 1.18. The van der Waals surface area contributed by atoms with Crippen LogP contribution in [0.15, 0.2) is 17.5 Å². The summed E-state index contributed by atoms with van der Waals surface area (Å²) in [7, 11) is 0. The molecule has 1 rings (SSSR count). The van der Waals surface area contributed by atoms with Crippen LogP contribution in [0.5, 0.6) is 5.06 Å². The summed E-state index contributed by atoms with van der Waals surface area (Å²) in [4.78, 5) is 0. The van der Waals surface area contributed by atoms with E-state index in [1.54, 1.807) is 12.1 Å². The molecular formula is C4H5LiOS. The quantitative estimate of drug-likeness (QED) is 0.404. The Morgan fingerprint density at radius 2 is 2.43 bits per heavy atom. The average Bonchev–Trinajstić information content (AvgIpc) is 1.86. The molecule has 1 heterocycles. The zero-order valence-corrected chi connectivity index (χ0v) is 4.90. The van der Waals surface area contributed by atoms with E-state index in [1.165, 1.54) is 11.3 Å². The fraction of sp³-hybridized carbons (Fsp3) is 0. The molecular weight excluding hydrogens is 103 g/mol. The van der Waals surface area contributed by atoms with Gasteiger partial charge in [-0.3, -0.25) is 0 Å². The molecule has 0 aliphatic rings. The predicted octanol–water partition coefficient (Wildman–Crippen LogP) is -1.43. The van der Waals surface area contributed by atoms with E-state index >= 15 is 0 Å². The Balaban J connectivity index is 0. The molecule has 0 atom stereocenters. The minimum absolute atomic E-state index is 0. The van der Waals surface area contributed by atoms with E-state index in [9.17, 15) is 0 Å². The van der Waals surface area contributed by atoms with E-state index in [2.05, 4.69) is 0 Å². The van der Waals surface area contributed by atoms with Gasteiger partial charge in [-0.1, -0.05) is 0 Å². The van der Waals surface area contributed by atoms with Crippen molar-refractivity contribution in [1.29, 1.82) is 0 Å². The van der Waals surface area contributed by atoms with Gasteiger partial charge in [-0.05, 0) is 17.5 Å². The third kappa shape index (κ3) is 2.03. The summed E-state index contributed by atoms with van der Waals surface area (Å²) >= 11 is 1.33. The van der Waals surface area contributed by atoms with Crippen molar-refractivity contribution >= 4 is 11.3 Å². The number of aromatic hydroxyl groups is 1. The van der Waals surface area contributed by atoms with Gasteiger partial charge in [0.05, 0.1) is 0 Å². The summed E-state index contributed by atoms with van der Waals surface area (Å²) < 4.78 is 0. The van der Waals surface area contributed by atoms with Crippen LogP contribution in [0.4, 0.5) is 0 Å². The molecule has 0 saturated carbocycles. The molecule has 0 aromatic carbocycles. The molecule has 0 spiro atoms. The monoisotopic (exact) mass is 108 g/mol. The largest absolute Gasteiger partial charge is 1.00 e. The molecule has 0 bridgehead atoms. The van der Waals surface area contributed by atoms with Gasteiger partial charge >= 0.3 is 18.9 Å².